The van der Waals surface area contributed by atoms with Crippen molar-refractivity contribution in [1.82, 2.24) is 4.90 Å². The lowest BCUT2D eigenvalue weighted by atomic mass is 10.1. The Morgan fingerprint density at radius 1 is 1.43 bits per heavy atom. The number of benzene rings is 1. The van der Waals surface area contributed by atoms with Crippen LogP contribution in [0, 0.1) is 6.92 Å². The van der Waals surface area contributed by atoms with E-state index >= 15 is 0 Å². The number of amides is 2. The first-order valence-electron chi connectivity index (χ1n) is 6.94. The molecule has 0 bridgehead atoms. The van der Waals surface area contributed by atoms with Crippen LogP contribution in [0.1, 0.15) is 28.8 Å². The SMILES string of the molecule is COC1CCCN(C(=O)Nc2ccc(C)c(C(=O)O)c2)C1. The zero-order valence-corrected chi connectivity index (χ0v) is 12.3. The number of carbonyl (C=O) groups excluding carboxylic acids is 1. The van der Waals surface area contributed by atoms with Gasteiger partial charge in [0.1, 0.15) is 0 Å². The Hall–Kier alpha value is -2.08. The summed E-state index contributed by atoms with van der Waals surface area (Å²) in [7, 11) is 1.64. The minimum Gasteiger partial charge on any atom is -0.478 e. The molecule has 1 aromatic rings. The van der Waals surface area contributed by atoms with Crippen LogP contribution < -0.4 is 5.32 Å². The highest BCUT2D eigenvalue weighted by molar-refractivity contribution is 5.94. The molecule has 1 aromatic carbocycles. The van der Waals surface area contributed by atoms with Gasteiger partial charge in [-0.15, -0.1) is 0 Å². The summed E-state index contributed by atoms with van der Waals surface area (Å²) >= 11 is 0. The Morgan fingerprint density at radius 3 is 2.86 bits per heavy atom. The third kappa shape index (κ3) is 3.72. The molecular formula is C15H20N2O4. The Bertz CT molecular complexity index is 544. The Morgan fingerprint density at radius 2 is 2.19 bits per heavy atom. The molecular weight excluding hydrogens is 272 g/mol. The predicted octanol–water partition coefficient (Wildman–Crippen LogP) is 2.34. The molecule has 2 rings (SSSR count). The zero-order valence-electron chi connectivity index (χ0n) is 12.3. The van der Waals surface area contributed by atoms with E-state index in [2.05, 4.69) is 5.32 Å². The molecule has 0 aromatic heterocycles. The largest absolute Gasteiger partial charge is 0.478 e. The number of hydrogen-bond acceptors (Lipinski definition) is 3. The van der Waals surface area contributed by atoms with Crippen LogP contribution in [0.4, 0.5) is 10.5 Å². The van der Waals surface area contributed by atoms with Crippen molar-refractivity contribution in [1.29, 1.82) is 0 Å². The first-order valence-corrected chi connectivity index (χ1v) is 6.94. The number of urea groups is 1. The number of ether oxygens (including phenoxy) is 1. The fourth-order valence-electron chi connectivity index (χ4n) is 2.45. The van der Waals surface area contributed by atoms with Crippen LogP contribution in [0.3, 0.4) is 0 Å². The number of carboxylic acids is 1. The maximum Gasteiger partial charge on any atom is 0.336 e. The lowest BCUT2D eigenvalue weighted by molar-refractivity contribution is 0.0458. The van der Waals surface area contributed by atoms with Gasteiger partial charge >= 0.3 is 12.0 Å². The summed E-state index contributed by atoms with van der Waals surface area (Å²) in [5.74, 6) is -0.999. The number of likely N-dealkylation sites (tertiary alicyclic amines) is 1. The molecule has 1 unspecified atom stereocenters. The number of rotatable bonds is 3. The molecule has 0 saturated carbocycles. The molecule has 2 amide bonds. The number of aromatic carboxylic acids is 1. The van der Waals surface area contributed by atoms with Gasteiger partial charge in [-0.05, 0) is 37.5 Å². The van der Waals surface area contributed by atoms with Crippen molar-refractivity contribution in [2.75, 3.05) is 25.5 Å². The van der Waals surface area contributed by atoms with Crippen LogP contribution in [0.2, 0.25) is 0 Å². The van der Waals surface area contributed by atoms with Crippen LogP contribution in [0.25, 0.3) is 0 Å². The van der Waals surface area contributed by atoms with Gasteiger partial charge in [0.25, 0.3) is 0 Å². The van der Waals surface area contributed by atoms with Gasteiger partial charge in [-0.25, -0.2) is 9.59 Å². The second-order valence-electron chi connectivity index (χ2n) is 5.21. The fraction of sp³-hybridized carbons (Fsp3) is 0.467. The minimum absolute atomic E-state index is 0.0668. The number of piperidine rings is 1. The van der Waals surface area contributed by atoms with Crippen molar-refractivity contribution < 1.29 is 19.4 Å². The van der Waals surface area contributed by atoms with Crippen molar-refractivity contribution in [3.8, 4) is 0 Å². The summed E-state index contributed by atoms with van der Waals surface area (Å²) in [4.78, 5) is 25.0. The van der Waals surface area contributed by atoms with Crippen molar-refractivity contribution >= 4 is 17.7 Å². The number of carbonyl (C=O) groups is 2. The standard InChI is InChI=1S/C15H20N2O4/c1-10-5-6-11(8-13(10)14(18)19)16-15(20)17-7-3-4-12(9-17)21-2/h5-6,8,12H,3-4,7,9H2,1-2H3,(H,16,20)(H,18,19). The smallest absolute Gasteiger partial charge is 0.336 e. The van der Waals surface area contributed by atoms with Gasteiger partial charge in [0.15, 0.2) is 0 Å². The number of methoxy groups -OCH3 is 1. The molecule has 0 aliphatic carbocycles. The summed E-state index contributed by atoms with van der Waals surface area (Å²) in [5.41, 5.74) is 1.35. The van der Waals surface area contributed by atoms with Crippen LogP contribution in [-0.2, 0) is 4.74 Å². The molecule has 114 valence electrons. The van der Waals surface area contributed by atoms with Crippen LogP contribution in [0.5, 0.6) is 0 Å². The second kappa shape index (κ2) is 6.58. The summed E-state index contributed by atoms with van der Waals surface area (Å²) in [5, 5.41) is 11.8. The highest BCUT2D eigenvalue weighted by Crippen LogP contribution is 2.18. The van der Waals surface area contributed by atoms with Gasteiger partial charge in [0, 0.05) is 25.9 Å². The normalized spacial score (nSPS) is 18.4. The quantitative estimate of drug-likeness (QED) is 0.896. The molecule has 6 heteroatoms. The Balaban J connectivity index is 2.05. The van der Waals surface area contributed by atoms with E-state index in [9.17, 15) is 9.59 Å². The minimum atomic E-state index is -0.999. The predicted molar refractivity (Wildman–Crippen MR) is 78.8 cm³/mol. The Labute approximate surface area is 123 Å². The summed E-state index contributed by atoms with van der Waals surface area (Å²) < 4.78 is 5.29. The summed E-state index contributed by atoms with van der Waals surface area (Å²) in [6.45, 7) is 2.96. The van der Waals surface area contributed by atoms with Gasteiger partial charge in [0.05, 0.1) is 11.7 Å². The van der Waals surface area contributed by atoms with Gasteiger partial charge in [-0.2, -0.15) is 0 Å². The number of carboxylic acid groups (broad SMARTS) is 1. The molecule has 1 aliphatic rings. The van der Waals surface area contributed by atoms with Gasteiger partial charge < -0.3 is 20.1 Å². The molecule has 0 radical (unpaired) electrons. The summed E-state index contributed by atoms with van der Waals surface area (Å²) in [6, 6.07) is 4.65. The average molecular weight is 292 g/mol. The zero-order chi connectivity index (χ0) is 15.4. The maximum atomic E-state index is 12.2. The van der Waals surface area contributed by atoms with Crippen molar-refractivity contribution in [2.45, 2.75) is 25.9 Å². The fourth-order valence-corrected chi connectivity index (χ4v) is 2.45. The van der Waals surface area contributed by atoms with E-state index in [-0.39, 0.29) is 17.7 Å². The Kier molecular flexibility index (Phi) is 4.80. The molecule has 0 spiro atoms. The maximum absolute atomic E-state index is 12.2. The molecule has 6 nitrogen and oxygen atoms in total. The monoisotopic (exact) mass is 292 g/mol. The van der Waals surface area contributed by atoms with E-state index in [0.717, 1.165) is 12.8 Å². The van der Waals surface area contributed by atoms with E-state index in [1.165, 1.54) is 6.07 Å². The highest BCUT2D eigenvalue weighted by atomic mass is 16.5. The van der Waals surface area contributed by atoms with E-state index in [0.29, 0.717) is 24.3 Å². The molecule has 1 saturated heterocycles. The topological polar surface area (TPSA) is 78.9 Å². The van der Waals surface area contributed by atoms with Gasteiger partial charge in [-0.1, -0.05) is 6.07 Å². The van der Waals surface area contributed by atoms with E-state index in [1.807, 2.05) is 0 Å². The van der Waals surface area contributed by atoms with Crippen LogP contribution in [-0.4, -0.2) is 48.3 Å². The third-order valence-electron chi connectivity index (χ3n) is 3.72. The van der Waals surface area contributed by atoms with E-state index in [4.69, 9.17) is 9.84 Å². The molecule has 1 atom stereocenters. The number of nitrogens with zero attached hydrogens (tertiary/aromatic N) is 1. The lowest BCUT2D eigenvalue weighted by Gasteiger charge is -2.31. The van der Waals surface area contributed by atoms with Crippen LogP contribution in [0.15, 0.2) is 18.2 Å². The molecule has 1 aliphatic heterocycles. The molecule has 1 fully saturated rings. The number of hydrogen-bond donors (Lipinski definition) is 2. The third-order valence-corrected chi connectivity index (χ3v) is 3.72. The van der Waals surface area contributed by atoms with E-state index < -0.39 is 5.97 Å². The number of aryl methyl sites for hydroxylation is 1. The highest BCUT2D eigenvalue weighted by Gasteiger charge is 2.23. The lowest BCUT2D eigenvalue weighted by Crippen LogP contribution is -2.44. The first-order chi connectivity index (χ1) is 10.0. The van der Waals surface area contributed by atoms with Gasteiger partial charge in [-0.3, -0.25) is 0 Å². The number of anilines is 1. The first kappa shape index (κ1) is 15.3. The summed E-state index contributed by atoms with van der Waals surface area (Å²) in [6.07, 6.45) is 1.92. The van der Waals surface area contributed by atoms with Crippen molar-refractivity contribution in [2.24, 2.45) is 0 Å². The molecule has 1 heterocycles. The number of nitrogens with one attached hydrogen (secondary N) is 1. The van der Waals surface area contributed by atoms with Crippen molar-refractivity contribution in [3.05, 3.63) is 29.3 Å². The molecule has 2 N–H and O–H groups in total. The average Bonchev–Trinajstić information content (AvgIpc) is 2.49. The van der Waals surface area contributed by atoms with Crippen LogP contribution >= 0.6 is 0 Å². The van der Waals surface area contributed by atoms with Crippen molar-refractivity contribution in [3.63, 3.8) is 0 Å². The van der Waals surface area contributed by atoms with E-state index in [1.54, 1.807) is 31.1 Å². The second-order valence-corrected chi connectivity index (χ2v) is 5.21. The molecule has 21 heavy (non-hydrogen) atoms. The van der Waals surface area contributed by atoms with Gasteiger partial charge in [0.2, 0.25) is 0 Å².